The van der Waals surface area contributed by atoms with E-state index in [4.69, 9.17) is 14.6 Å². The molecule has 0 aromatic heterocycles. The normalized spacial score (nSPS) is 15.6. The molecule has 0 saturated carbocycles. The first-order valence-electron chi connectivity index (χ1n) is 5.53. The lowest BCUT2D eigenvalue weighted by molar-refractivity contribution is -0.139. The van der Waals surface area contributed by atoms with Crippen LogP contribution in [0.2, 0.25) is 0 Å². The van der Waals surface area contributed by atoms with Gasteiger partial charge in [-0.3, -0.25) is 0 Å². The molecule has 0 amide bonds. The summed E-state index contributed by atoms with van der Waals surface area (Å²) >= 11 is 0. The minimum absolute atomic E-state index is 0.318. The number of benzene rings is 1. The topological polar surface area (TPSA) is 59.0 Å². The Morgan fingerprint density at radius 1 is 1.35 bits per heavy atom. The fourth-order valence-electron chi connectivity index (χ4n) is 1.78. The molecule has 0 radical (unpaired) electrons. The van der Waals surface area contributed by atoms with Crippen LogP contribution in [0.5, 0.6) is 5.75 Å². The van der Waals surface area contributed by atoms with E-state index in [9.17, 15) is 4.79 Å². The number of anilines is 1. The van der Waals surface area contributed by atoms with E-state index < -0.39 is 5.97 Å². The maximum Gasteiger partial charge on any atom is 0.341 e. The van der Waals surface area contributed by atoms with Crippen molar-refractivity contribution in [2.24, 2.45) is 0 Å². The van der Waals surface area contributed by atoms with Crippen molar-refractivity contribution < 1.29 is 19.4 Å². The molecule has 1 heterocycles. The van der Waals surface area contributed by atoms with Crippen molar-refractivity contribution in [3.63, 3.8) is 0 Å². The number of carboxylic acids is 1. The molecule has 1 N–H and O–H groups in total. The Labute approximate surface area is 99.6 Å². The Bertz CT molecular complexity index is 388. The highest BCUT2D eigenvalue weighted by atomic mass is 16.5. The summed E-state index contributed by atoms with van der Waals surface area (Å²) in [5.74, 6) is -0.362. The van der Waals surface area contributed by atoms with Crippen LogP contribution in [0.15, 0.2) is 24.3 Å². The van der Waals surface area contributed by atoms with Crippen molar-refractivity contribution in [2.75, 3.05) is 37.8 Å². The van der Waals surface area contributed by atoms with Gasteiger partial charge in [0.2, 0.25) is 0 Å². The highest BCUT2D eigenvalue weighted by Crippen LogP contribution is 2.28. The monoisotopic (exact) mass is 237 g/mol. The van der Waals surface area contributed by atoms with Crippen LogP contribution in [-0.2, 0) is 9.53 Å². The van der Waals surface area contributed by atoms with E-state index in [0.717, 1.165) is 18.8 Å². The van der Waals surface area contributed by atoms with Gasteiger partial charge >= 0.3 is 5.97 Å². The second-order valence-corrected chi connectivity index (χ2v) is 3.75. The van der Waals surface area contributed by atoms with E-state index in [0.29, 0.717) is 19.0 Å². The molecule has 1 aliphatic heterocycles. The average Bonchev–Trinajstić information content (AvgIpc) is 2.38. The maximum atomic E-state index is 10.5. The van der Waals surface area contributed by atoms with Gasteiger partial charge in [-0.15, -0.1) is 0 Å². The molecule has 1 fully saturated rings. The highest BCUT2D eigenvalue weighted by Gasteiger charge is 2.15. The van der Waals surface area contributed by atoms with E-state index in [1.54, 1.807) is 6.07 Å². The first-order chi connectivity index (χ1) is 8.27. The summed E-state index contributed by atoms with van der Waals surface area (Å²) in [6.07, 6.45) is 0. The molecule has 0 bridgehead atoms. The zero-order valence-electron chi connectivity index (χ0n) is 9.46. The van der Waals surface area contributed by atoms with Crippen LogP contribution < -0.4 is 9.64 Å². The zero-order valence-corrected chi connectivity index (χ0v) is 9.46. The molecule has 1 aliphatic rings. The number of aliphatic carboxylic acids is 1. The van der Waals surface area contributed by atoms with Gasteiger partial charge in [0.05, 0.1) is 18.9 Å². The molecule has 1 saturated heterocycles. The minimum atomic E-state index is -0.971. The number of ether oxygens (including phenoxy) is 2. The van der Waals surface area contributed by atoms with Crippen LogP contribution in [0.3, 0.4) is 0 Å². The molecule has 1 aromatic carbocycles. The molecule has 0 unspecified atom stereocenters. The van der Waals surface area contributed by atoms with Gasteiger partial charge in [0.15, 0.2) is 6.61 Å². The van der Waals surface area contributed by atoms with Gasteiger partial charge < -0.3 is 19.5 Å². The number of hydrogen-bond donors (Lipinski definition) is 1. The van der Waals surface area contributed by atoms with Crippen molar-refractivity contribution in [3.8, 4) is 5.75 Å². The van der Waals surface area contributed by atoms with Crippen molar-refractivity contribution in [2.45, 2.75) is 0 Å². The van der Waals surface area contributed by atoms with Gasteiger partial charge in [0.25, 0.3) is 0 Å². The van der Waals surface area contributed by atoms with Crippen LogP contribution >= 0.6 is 0 Å². The Morgan fingerprint density at radius 3 is 2.76 bits per heavy atom. The van der Waals surface area contributed by atoms with Gasteiger partial charge in [0, 0.05) is 13.1 Å². The standard InChI is InChI=1S/C12H15NO4/c14-12(15)9-17-11-4-2-1-3-10(11)13-5-7-16-8-6-13/h1-4H,5-9H2,(H,14,15). The van der Waals surface area contributed by atoms with Gasteiger partial charge in [-0.25, -0.2) is 4.79 Å². The molecule has 17 heavy (non-hydrogen) atoms. The molecule has 5 nitrogen and oxygen atoms in total. The molecule has 0 aliphatic carbocycles. The molecule has 2 rings (SSSR count). The Morgan fingerprint density at radius 2 is 2.06 bits per heavy atom. The summed E-state index contributed by atoms with van der Waals surface area (Å²) in [5.41, 5.74) is 0.928. The zero-order chi connectivity index (χ0) is 12.1. The quantitative estimate of drug-likeness (QED) is 0.846. The summed E-state index contributed by atoms with van der Waals surface area (Å²) in [6, 6.07) is 7.47. The van der Waals surface area contributed by atoms with Gasteiger partial charge in [-0.1, -0.05) is 12.1 Å². The minimum Gasteiger partial charge on any atom is -0.480 e. The largest absolute Gasteiger partial charge is 0.480 e. The third-order valence-electron chi connectivity index (χ3n) is 2.57. The van der Waals surface area contributed by atoms with Crippen molar-refractivity contribution in [3.05, 3.63) is 24.3 Å². The third-order valence-corrected chi connectivity index (χ3v) is 2.57. The number of morpholine rings is 1. The molecular weight excluding hydrogens is 222 g/mol. The lowest BCUT2D eigenvalue weighted by atomic mass is 10.2. The lowest BCUT2D eigenvalue weighted by Gasteiger charge is -2.30. The van der Waals surface area contributed by atoms with Gasteiger partial charge in [-0.2, -0.15) is 0 Å². The summed E-state index contributed by atoms with van der Waals surface area (Å²) < 4.78 is 10.6. The summed E-state index contributed by atoms with van der Waals surface area (Å²) in [7, 11) is 0. The van der Waals surface area contributed by atoms with Crippen LogP contribution in [0, 0.1) is 0 Å². The number of carboxylic acid groups (broad SMARTS) is 1. The molecule has 0 spiro atoms. The molecule has 5 heteroatoms. The third kappa shape index (κ3) is 3.10. The van der Waals surface area contributed by atoms with Crippen molar-refractivity contribution in [1.29, 1.82) is 0 Å². The van der Waals surface area contributed by atoms with Crippen molar-refractivity contribution in [1.82, 2.24) is 0 Å². The highest BCUT2D eigenvalue weighted by molar-refractivity contribution is 5.69. The first kappa shape index (κ1) is 11.7. The molecule has 1 aromatic rings. The van der Waals surface area contributed by atoms with Gasteiger partial charge in [0.1, 0.15) is 5.75 Å². The Hall–Kier alpha value is -1.75. The van der Waals surface area contributed by atoms with E-state index in [1.807, 2.05) is 18.2 Å². The molecule has 0 atom stereocenters. The first-order valence-corrected chi connectivity index (χ1v) is 5.53. The number of para-hydroxylation sites is 2. The SMILES string of the molecule is O=C(O)COc1ccccc1N1CCOCC1. The second-order valence-electron chi connectivity index (χ2n) is 3.75. The number of carbonyl (C=O) groups is 1. The Balaban J connectivity index is 2.11. The van der Waals surface area contributed by atoms with Crippen LogP contribution in [-0.4, -0.2) is 44.0 Å². The summed E-state index contributed by atoms with van der Waals surface area (Å²) in [4.78, 5) is 12.6. The summed E-state index contributed by atoms with van der Waals surface area (Å²) in [5, 5.41) is 8.62. The smallest absolute Gasteiger partial charge is 0.341 e. The average molecular weight is 237 g/mol. The lowest BCUT2D eigenvalue weighted by Crippen LogP contribution is -2.36. The predicted octanol–water partition coefficient (Wildman–Crippen LogP) is 0.987. The van der Waals surface area contributed by atoms with E-state index in [2.05, 4.69) is 4.90 Å². The second kappa shape index (κ2) is 5.54. The van der Waals surface area contributed by atoms with E-state index in [-0.39, 0.29) is 6.61 Å². The number of rotatable bonds is 4. The summed E-state index contributed by atoms with van der Waals surface area (Å²) in [6.45, 7) is 2.66. The van der Waals surface area contributed by atoms with Crippen LogP contribution in [0.4, 0.5) is 5.69 Å². The fourth-order valence-corrected chi connectivity index (χ4v) is 1.78. The van der Waals surface area contributed by atoms with Crippen molar-refractivity contribution >= 4 is 11.7 Å². The number of nitrogens with zero attached hydrogens (tertiary/aromatic N) is 1. The number of hydrogen-bond acceptors (Lipinski definition) is 4. The Kier molecular flexibility index (Phi) is 3.82. The fraction of sp³-hybridized carbons (Fsp3) is 0.417. The van der Waals surface area contributed by atoms with Crippen LogP contribution in [0.25, 0.3) is 0 Å². The predicted molar refractivity (Wildman–Crippen MR) is 62.6 cm³/mol. The van der Waals surface area contributed by atoms with Crippen LogP contribution in [0.1, 0.15) is 0 Å². The van der Waals surface area contributed by atoms with Gasteiger partial charge in [-0.05, 0) is 12.1 Å². The molecule has 92 valence electrons. The maximum absolute atomic E-state index is 10.5. The molecular formula is C12H15NO4. The van der Waals surface area contributed by atoms with E-state index in [1.165, 1.54) is 0 Å². The van der Waals surface area contributed by atoms with E-state index >= 15 is 0 Å².